The lowest BCUT2D eigenvalue weighted by Crippen LogP contribution is -2.32. The lowest BCUT2D eigenvalue weighted by atomic mass is 9.96. The average molecular weight is 163 g/mol. The van der Waals surface area contributed by atoms with Crippen molar-refractivity contribution >= 4 is 0 Å². The monoisotopic (exact) mass is 163 g/mol. The van der Waals surface area contributed by atoms with Gasteiger partial charge in [0.1, 0.15) is 11.7 Å². The van der Waals surface area contributed by atoms with Crippen molar-refractivity contribution in [3.8, 4) is 0 Å². The van der Waals surface area contributed by atoms with Crippen molar-refractivity contribution in [2.75, 3.05) is 6.54 Å². The summed E-state index contributed by atoms with van der Waals surface area (Å²) in [5, 5.41) is 0. The van der Waals surface area contributed by atoms with Gasteiger partial charge in [-0.15, -0.1) is 0 Å². The van der Waals surface area contributed by atoms with Crippen molar-refractivity contribution < 1.29 is 13.2 Å². The molecule has 0 amide bonds. The number of rotatable bonds is 1. The first kappa shape index (κ1) is 8.33. The van der Waals surface area contributed by atoms with E-state index in [0.717, 1.165) is 0 Å². The van der Waals surface area contributed by atoms with Gasteiger partial charge in [0, 0.05) is 19.0 Å². The third-order valence-corrected chi connectivity index (χ3v) is 1.49. The molecule has 1 atom stereocenters. The molecule has 0 radical (unpaired) electrons. The van der Waals surface area contributed by atoms with E-state index in [-0.39, 0.29) is 0 Å². The van der Waals surface area contributed by atoms with Crippen molar-refractivity contribution in [3.63, 3.8) is 0 Å². The van der Waals surface area contributed by atoms with Crippen LogP contribution in [0, 0.1) is 0 Å². The highest BCUT2D eigenvalue weighted by Gasteiger charge is 2.30. The Labute approximate surface area is 62.4 Å². The van der Waals surface area contributed by atoms with Crippen LogP contribution in [0.4, 0.5) is 13.2 Å². The second-order valence-corrected chi connectivity index (χ2v) is 2.54. The van der Waals surface area contributed by atoms with Gasteiger partial charge >= 0.3 is 0 Å². The average Bonchev–Trinajstić information content (AvgIpc) is 1.84. The summed E-state index contributed by atoms with van der Waals surface area (Å²) >= 11 is 0. The zero-order valence-electron chi connectivity index (χ0n) is 5.78. The van der Waals surface area contributed by atoms with Crippen molar-refractivity contribution in [1.29, 1.82) is 0 Å². The first-order valence-corrected chi connectivity index (χ1v) is 3.19. The number of halogens is 3. The van der Waals surface area contributed by atoms with E-state index in [4.69, 9.17) is 5.73 Å². The van der Waals surface area contributed by atoms with Crippen LogP contribution < -0.4 is 5.73 Å². The summed E-state index contributed by atoms with van der Waals surface area (Å²) in [5.74, 6) is -1.71. The third kappa shape index (κ3) is 1.83. The molecule has 1 aliphatic carbocycles. The zero-order chi connectivity index (χ0) is 8.48. The van der Waals surface area contributed by atoms with E-state index < -0.39 is 30.3 Å². The summed E-state index contributed by atoms with van der Waals surface area (Å²) < 4.78 is 37.8. The molecule has 0 saturated heterocycles. The van der Waals surface area contributed by atoms with Gasteiger partial charge in [-0.3, -0.25) is 0 Å². The molecular formula is C7H8F3N. The van der Waals surface area contributed by atoms with E-state index in [0.29, 0.717) is 12.2 Å². The Morgan fingerprint density at radius 1 is 1.55 bits per heavy atom. The SMILES string of the molecule is NCC1(F)C=C(F)C=C(F)C1. The van der Waals surface area contributed by atoms with E-state index >= 15 is 0 Å². The molecule has 2 N–H and O–H groups in total. The molecule has 1 unspecified atom stereocenters. The van der Waals surface area contributed by atoms with Crippen LogP contribution in [0.25, 0.3) is 0 Å². The summed E-state index contributed by atoms with van der Waals surface area (Å²) in [7, 11) is 0. The Balaban J connectivity index is 2.86. The Kier molecular flexibility index (Phi) is 2.04. The minimum absolute atomic E-state index is 0.401. The second kappa shape index (κ2) is 2.70. The maximum absolute atomic E-state index is 13.1. The summed E-state index contributed by atoms with van der Waals surface area (Å²) in [6.07, 6.45) is 0.903. The molecule has 0 bridgehead atoms. The van der Waals surface area contributed by atoms with Crippen molar-refractivity contribution in [2.24, 2.45) is 5.73 Å². The van der Waals surface area contributed by atoms with Crippen LogP contribution in [-0.2, 0) is 0 Å². The van der Waals surface area contributed by atoms with Gasteiger partial charge in [-0.1, -0.05) is 0 Å². The Bertz CT molecular complexity index is 222. The lowest BCUT2D eigenvalue weighted by molar-refractivity contribution is 0.218. The van der Waals surface area contributed by atoms with Crippen LogP contribution in [0.5, 0.6) is 0 Å². The van der Waals surface area contributed by atoms with Gasteiger partial charge in [-0.05, 0) is 6.08 Å². The fraction of sp³-hybridized carbons (Fsp3) is 0.429. The van der Waals surface area contributed by atoms with Gasteiger partial charge in [0.05, 0.1) is 0 Å². The molecule has 0 aromatic carbocycles. The van der Waals surface area contributed by atoms with Gasteiger partial charge in [-0.2, -0.15) is 0 Å². The molecule has 0 aromatic heterocycles. The van der Waals surface area contributed by atoms with Crippen LogP contribution >= 0.6 is 0 Å². The van der Waals surface area contributed by atoms with E-state index in [1.807, 2.05) is 0 Å². The second-order valence-electron chi connectivity index (χ2n) is 2.54. The molecule has 62 valence electrons. The third-order valence-electron chi connectivity index (χ3n) is 1.49. The summed E-state index contributed by atoms with van der Waals surface area (Å²) in [6.45, 7) is -0.401. The molecule has 0 heterocycles. The largest absolute Gasteiger partial charge is 0.327 e. The zero-order valence-corrected chi connectivity index (χ0v) is 5.78. The standard InChI is InChI=1S/C7H8F3N/c8-5-1-6(9)3-7(10,2-5)4-11/h1-2H,3-4,11H2. The first-order valence-electron chi connectivity index (χ1n) is 3.19. The molecule has 0 fully saturated rings. The van der Waals surface area contributed by atoms with Crippen LogP contribution in [0.2, 0.25) is 0 Å². The van der Waals surface area contributed by atoms with Crippen LogP contribution in [0.3, 0.4) is 0 Å². The van der Waals surface area contributed by atoms with E-state index in [1.54, 1.807) is 0 Å². The van der Waals surface area contributed by atoms with Crippen LogP contribution in [-0.4, -0.2) is 12.2 Å². The highest BCUT2D eigenvalue weighted by molar-refractivity contribution is 5.26. The van der Waals surface area contributed by atoms with Gasteiger partial charge in [0.15, 0.2) is 5.67 Å². The number of alkyl halides is 1. The topological polar surface area (TPSA) is 26.0 Å². The molecule has 4 heteroatoms. The van der Waals surface area contributed by atoms with Crippen molar-refractivity contribution in [2.45, 2.75) is 12.1 Å². The molecule has 0 aliphatic heterocycles. The number of hydrogen-bond acceptors (Lipinski definition) is 1. The minimum Gasteiger partial charge on any atom is -0.327 e. The van der Waals surface area contributed by atoms with Gasteiger partial charge in [-0.25, -0.2) is 13.2 Å². The summed E-state index contributed by atoms with van der Waals surface area (Å²) in [6, 6.07) is 0. The Morgan fingerprint density at radius 2 is 2.18 bits per heavy atom. The van der Waals surface area contributed by atoms with Crippen molar-refractivity contribution in [1.82, 2.24) is 0 Å². The number of allylic oxidation sites excluding steroid dienone is 3. The smallest absolute Gasteiger partial charge is 0.150 e. The van der Waals surface area contributed by atoms with E-state index in [2.05, 4.69) is 0 Å². The van der Waals surface area contributed by atoms with E-state index in [9.17, 15) is 13.2 Å². The van der Waals surface area contributed by atoms with Gasteiger partial charge in [0.25, 0.3) is 0 Å². The molecule has 1 nitrogen and oxygen atoms in total. The molecule has 0 aromatic rings. The van der Waals surface area contributed by atoms with Crippen molar-refractivity contribution in [3.05, 3.63) is 23.8 Å². The fourth-order valence-electron chi connectivity index (χ4n) is 0.952. The number of hydrogen-bond donors (Lipinski definition) is 1. The molecule has 11 heavy (non-hydrogen) atoms. The lowest BCUT2D eigenvalue weighted by Gasteiger charge is -2.20. The minimum atomic E-state index is -2.04. The first-order chi connectivity index (χ1) is 5.06. The maximum Gasteiger partial charge on any atom is 0.150 e. The van der Waals surface area contributed by atoms with Gasteiger partial charge in [0.2, 0.25) is 0 Å². The molecule has 0 saturated carbocycles. The Morgan fingerprint density at radius 3 is 2.64 bits per heavy atom. The predicted octanol–water partition coefficient (Wildman–Crippen LogP) is 1.76. The summed E-state index contributed by atoms with van der Waals surface area (Å²) in [5.41, 5.74) is 2.94. The highest BCUT2D eigenvalue weighted by Crippen LogP contribution is 2.30. The normalized spacial score (nSPS) is 31.3. The fourth-order valence-corrected chi connectivity index (χ4v) is 0.952. The molecule has 1 aliphatic rings. The molecule has 0 spiro atoms. The van der Waals surface area contributed by atoms with Crippen LogP contribution in [0.1, 0.15) is 6.42 Å². The molecule has 1 rings (SSSR count). The summed E-state index contributed by atoms with van der Waals surface area (Å²) in [4.78, 5) is 0. The number of nitrogens with two attached hydrogens (primary N) is 1. The highest BCUT2D eigenvalue weighted by atomic mass is 19.2. The van der Waals surface area contributed by atoms with Crippen LogP contribution in [0.15, 0.2) is 23.8 Å². The molecular weight excluding hydrogens is 155 g/mol. The quantitative estimate of drug-likeness (QED) is 0.626. The maximum atomic E-state index is 13.1. The Hall–Kier alpha value is -0.770. The van der Waals surface area contributed by atoms with Gasteiger partial charge < -0.3 is 5.73 Å². The predicted molar refractivity (Wildman–Crippen MR) is 35.9 cm³/mol. The van der Waals surface area contributed by atoms with E-state index in [1.165, 1.54) is 0 Å².